The second kappa shape index (κ2) is 9.56. The Morgan fingerprint density at radius 2 is 1.88 bits per heavy atom. The molecule has 9 heteroatoms. The Balaban J connectivity index is 1.42. The minimum absolute atomic E-state index is 0.0731. The summed E-state index contributed by atoms with van der Waals surface area (Å²) >= 11 is -0.562. The lowest BCUT2D eigenvalue weighted by Crippen LogP contribution is -2.26. The topological polar surface area (TPSA) is 108 Å². The first-order valence-electron chi connectivity index (χ1n) is 9.86. The molecule has 3 aromatic rings. The van der Waals surface area contributed by atoms with Gasteiger partial charge in [0.1, 0.15) is 0 Å². The van der Waals surface area contributed by atoms with E-state index in [0.717, 1.165) is 16.1 Å². The summed E-state index contributed by atoms with van der Waals surface area (Å²) in [7, 11) is 0. The number of fused-ring (bicyclic) bond motifs is 1. The lowest BCUT2D eigenvalue weighted by atomic mass is 10.1. The maximum Gasteiger partial charge on any atom is 0.255 e. The van der Waals surface area contributed by atoms with Crippen LogP contribution in [0.1, 0.15) is 22.8 Å². The molecule has 7 nitrogen and oxygen atoms in total. The van der Waals surface area contributed by atoms with Gasteiger partial charge in [0, 0.05) is 28.4 Å². The Morgan fingerprint density at radius 3 is 2.69 bits per heavy atom. The number of nitrogens with one attached hydrogen (secondary N) is 3. The van der Waals surface area contributed by atoms with E-state index in [0.29, 0.717) is 28.4 Å². The van der Waals surface area contributed by atoms with Gasteiger partial charge in [-0.25, -0.2) is 4.21 Å². The van der Waals surface area contributed by atoms with E-state index in [-0.39, 0.29) is 17.1 Å². The monoisotopic (exact) mass is 467 g/mol. The fraction of sp³-hybridized carbons (Fsp3) is 0.130. The van der Waals surface area contributed by atoms with Crippen molar-refractivity contribution in [3.63, 3.8) is 0 Å². The summed E-state index contributed by atoms with van der Waals surface area (Å²) in [6.07, 6.45) is 0. The van der Waals surface area contributed by atoms with Crippen molar-refractivity contribution in [3.05, 3.63) is 77.9 Å². The molecule has 2 amide bonds. The summed E-state index contributed by atoms with van der Waals surface area (Å²) in [6.45, 7) is 2.32. The van der Waals surface area contributed by atoms with Crippen molar-refractivity contribution in [3.8, 4) is 0 Å². The number of carbonyl (C=O) groups is 2. The standard InChI is InChI=1S/C23H21N3O4S2/c1-14-22(27)26-20-11-16(8-9-21(20)31-14)23(28)25-18-6-2-4-15(10-18)13-24-17-5-3-7-19(12-17)32(29)30/h2-12,14,24H,13H2,1H3,(H,25,28)(H,26,27)(H,29,30). The first-order chi connectivity index (χ1) is 15.4. The van der Waals surface area contributed by atoms with E-state index in [4.69, 9.17) is 0 Å². The molecule has 0 aromatic heterocycles. The average molecular weight is 468 g/mol. The van der Waals surface area contributed by atoms with E-state index in [1.165, 1.54) is 11.8 Å². The Labute approximate surface area is 192 Å². The fourth-order valence-electron chi connectivity index (χ4n) is 3.23. The van der Waals surface area contributed by atoms with Crippen molar-refractivity contribution in [2.75, 3.05) is 16.0 Å². The third kappa shape index (κ3) is 5.18. The molecule has 0 aliphatic carbocycles. The molecular formula is C23H21N3O4S2. The number of anilines is 3. The fourth-order valence-corrected chi connectivity index (χ4v) is 4.58. The van der Waals surface area contributed by atoms with Gasteiger partial charge >= 0.3 is 0 Å². The molecule has 0 fully saturated rings. The van der Waals surface area contributed by atoms with E-state index < -0.39 is 11.1 Å². The highest BCUT2D eigenvalue weighted by Crippen LogP contribution is 2.36. The van der Waals surface area contributed by atoms with Crippen LogP contribution >= 0.6 is 11.8 Å². The van der Waals surface area contributed by atoms with E-state index in [1.807, 2.05) is 37.3 Å². The van der Waals surface area contributed by atoms with Crippen molar-refractivity contribution in [2.45, 2.75) is 28.5 Å². The molecule has 1 heterocycles. The van der Waals surface area contributed by atoms with Gasteiger partial charge < -0.3 is 20.5 Å². The molecule has 1 aliphatic rings. The van der Waals surface area contributed by atoms with E-state index >= 15 is 0 Å². The Morgan fingerprint density at radius 1 is 1.09 bits per heavy atom. The Kier molecular flexibility index (Phi) is 6.59. The third-order valence-corrected chi connectivity index (χ3v) is 6.72. The van der Waals surface area contributed by atoms with Crippen LogP contribution in [0.15, 0.2) is 76.5 Å². The largest absolute Gasteiger partial charge is 0.381 e. The van der Waals surface area contributed by atoms with Crippen LogP contribution in [-0.2, 0) is 22.4 Å². The van der Waals surface area contributed by atoms with Gasteiger partial charge in [-0.15, -0.1) is 11.8 Å². The van der Waals surface area contributed by atoms with Crippen LogP contribution in [0, 0.1) is 0 Å². The average Bonchev–Trinajstić information content (AvgIpc) is 2.78. The molecule has 0 saturated carbocycles. The number of hydrogen-bond donors (Lipinski definition) is 4. The normalized spacial score (nSPS) is 15.9. The van der Waals surface area contributed by atoms with Gasteiger partial charge in [-0.1, -0.05) is 18.2 Å². The first-order valence-corrected chi connectivity index (χ1v) is 11.8. The van der Waals surface area contributed by atoms with Gasteiger partial charge in [-0.2, -0.15) is 0 Å². The maximum atomic E-state index is 12.7. The Bertz CT molecular complexity index is 1220. The third-order valence-electron chi connectivity index (χ3n) is 4.89. The van der Waals surface area contributed by atoms with Crippen LogP contribution in [0.25, 0.3) is 0 Å². The van der Waals surface area contributed by atoms with Gasteiger partial charge in [0.25, 0.3) is 5.91 Å². The van der Waals surface area contributed by atoms with Crippen molar-refractivity contribution in [1.82, 2.24) is 0 Å². The molecule has 3 aromatic carbocycles. The highest BCUT2D eigenvalue weighted by atomic mass is 32.2. The molecule has 0 spiro atoms. The van der Waals surface area contributed by atoms with Crippen molar-refractivity contribution in [1.29, 1.82) is 0 Å². The van der Waals surface area contributed by atoms with Crippen LogP contribution in [0.5, 0.6) is 0 Å². The van der Waals surface area contributed by atoms with Crippen LogP contribution in [0.3, 0.4) is 0 Å². The number of thioether (sulfide) groups is 1. The summed E-state index contributed by atoms with van der Waals surface area (Å²) < 4.78 is 20.4. The quantitative estimate of drug-likeness (QED) is 0.396. The molecule has 0 bridgehead atoms. The molecule has 164 valence electrons. The van der Waals surface area contributed by atoms with Crippen molar-refractivity contribution < 1.29 is 18.4 Å². The summed E-state index contributed by atoms with van der Waals surface area (Å²) in [5, 5.41) is 8.78. The second-order valence-corrected chi connectivity index (χ2v) is 9.60. The molecule has 2 atom stereocenters. The summed E-state index contributed by atoms with van der Waals surface area (Å²) in [5.74, 6) is -0.343. The molecule has 2 unspecified atom stereocenters. The predicted octanol–water partition coefficient (Wildman–Crippen LogP) is 4.56. The van der Waals surface area contributed by atoms with Gasteiger partial charge in [-0.05, 0) is 61.0 Å². The highest BCUT2D eigenvalue weighted by Gasteiger charge is 2.23. The number of amides is 2. The molecular weight excluding hydrogens is 446 g/mol. The number of rotatable bonds is 6. The molecule has 0 radical (unpaired) electrons. The van der Waals surface area contributed by atoms with Gasteiger partial charge in [-0.3, -0.25) is 9.59 Å². The van der Waals surface area contributed by atoms with Crippen LogP contribution in [0.4, 0.5) is 17.1 Å². The molecule has 1 aliphatic heterocycles. The molecule has 4 N–H and O–H groups in total. The number of carbonyl (C=O) groups excluding carboxylic acids is 2. The maximum absolute atomic E-state index is 12.7. The Hall–Kier alpha value is -3.14. The van der Waals surface area contributed by atoms with Gasteiger partial charge in [0.05, 0.1) is 15.8 Å². The highest BCUT2D eigenvalue weighted by molar-refractivity contribution is 8.01. The second-order valence-electron chi connectivity index (χ2n) is 7.25. The first kappa shape index (κ1) is 22.1. The lowest BCUT2D eigenvalue weighted by Gasteiger charge is -2.21. The predicted molar refractivity (Wildman–Crippen MR) is 128 cm³/mol. The summed E-state index contributed by atoms with van der Waals surface area (Å²) in [4.78, 5) is 25.9. The number of benzene rings is 3. The minimum Gasteiger partial charge on any atom is -0.381 e. The molecule has 32 heavy (non-hydrogen) atoms. The number of hydrogen-bond acceptors (Lipinski definition) is 5. The zero-order valence-corrected chi connectivity index (χ0v) is 18.8. The van der Waals surface area contributed by atoms with Crippen molar-refractivity contribution >= 4 is 51.7 Å². The van der Waals surface area contributed by atoms with Crippen LogP contribution < -0.4 is 16.0 Å². The van der Waals surface area contributed by atoms with Gasteiger partial charge in [0.2, 0.25) is 5.91 Å². The molecule has 4 rings (SSSR count). The van der Waals surface area contributed by atoms with E-state index in [9.17, 15) is 18.4 Å². The zero-order chi connectivity index (χ0) is 22.7. The summed E-state index contributed by atoms with van der Waals surface area (Å²) in [5.41, 5.74) is 3.40. The molecule has 0 saturated heterocycles. The smallest absolute Gasteiger partial charge is 0.255 e. The van der Waals surface area contributed by atoms with Crippen molar-refractivity contribution in [2.24, 2.45) is 0 Å². The SMILES string of the molecule is CC1Sc2ccc(C(=O)Nc3cccc(CNc4cccc(S(=O)O)c4)c3)cc2NC1=O. The van der Waals surface area contributed by atoms with E-state index in [1.54, 1.807) is 36.4 Å². The van der Waals surface area contributed by atoms with E-state index in [2.05, 4.69) is 16.0 Å². The van der Waals surface area contributed by atoms with Crippen LogP contribution in [-0.4, -0.2) is 25.8 Å². The minimum atomic E-state index is -2.03. The zero-order valence-electron chi connectivity index (χ0n) is 17.1. The lowest BCUT2D eigenvalue weighted by molar-refractivity contribution is -0.115. The summed E-state index contributed by atoms with van der Waals surface area (Å²) in [6, 6.07) is 19.4. The van der Waals surface area contributed by atoms with Gasteiger partial charge in [0.15, 0.2) is 11.1 Å². The van der Waals surface area contributed by atoms with Crippen LogP contribution in [0.2, 0.25) is 0 Å².